The summed E-state index contributed by atoms with van der Waals surface area (Å²) in [6.07, 6.45) is 22.8. The molecule has 29 heavy (non-hydrogen) atoms. The quantitative estimate of drug-likeness (QED) is 0.292. The lowest BCUT2D eigenvalue weighted by molar-refractivity contribution is -1.92. The smallest absolute Gasteiger partial charge is 0.221 e. The molecule has 0 aromatic rings. The number of aliphatic imine (C=N–C) groups is 1. The molecule has 0 spiro atoms. The summed E-state index contributed by atoms with van der Waals surface area (Å²) >= 11 is 0. The third-order valence-electron chi connectivity index (χ3n) is 5.28. The van der Waals surface area contributed by atoms with E-state index in [1.807, 2.05) is 11.0 Å². The molecular weight excluding hydrogens is 392 g/mol. The van der Waals surface area contributed by atoms with Gasteiger partial charge in [-0.15, -0.1) is 0 Å². The van der Waals surface area contributed by atoms with Crippen LogP contribution in [0.4, 0.5) is 0 Å². The van der Waals surface area contributed by atoms with Crippen LogP contribution in [-0.2, 0) is 4.29 Å². The fourth-order valence-corrected chi connectivity index (χ4v) is 3.85. The second-order valence-electron chi connectivity index (χ2n) is 7.85. The Labute approximate surface area is 179 Å². The number of hydrogen-bond acceptors (Lipinski definition) is 6. The molecule has 0 saturated carbocycles. The molecule has 1 heterocycles. The van der Waals surface area contributed by atoms with E-state index in [-0.39, 0.29) is 6.61 Å². The SMILES string of the molecule is CCCCCCCCCCCCCCCC=CC1=NCCN1CCO[Cl+3]([O-])([O-])[O-]. The Morgan fingerprint density at radius 2 is 1.45 bits per heavy atom. The van der Waals surface area contributed by atoms with Crippen molar-refractivity contribution in [2.45, 2.75) is 96.8 Å². The molecule has 0 fully saturated rings. The molecule has 0 aliphatic carbocycles. The molecule has 0 aromatic carbocycles. The third kappa shape index (κ3) is 15.8. The van der Waals surface area contributed by atoms with Crippen LogP contribution in [0, 0.1) is 10.2 Å². The zero-order chi connectivity index (χ0) is 21.2. The maximum absolute atomic E-state index is 10.4. The highest BCUT2D eigenvalue weighted by molar-refractivity contribution is 5.94. The Balaban J connectivity index is 1.92. The molecule has 0 unspecified atom stereocenters. The van der Waals surface area contributed by atoms with Gasteiger partial charge in [0.15, 0.2) is 0 Å². The van der Waals surface area contributed by atoms with Gasteiger partial charge in [-0.1, -0.05) is 90.0 Å². The lowest BCUT2D eigenvalue weighted by atomic mass is 10.0. The van der Waals surface area contributed by atoms with E-state index >= 15 is 0 Å². The topological polar surface area (TPSA) is 94.0 Å². The lowest BCUT2D eigenvalue weighted by Gasteiger charge is -2.18. The van der Waals surface area contributed by atoms with Crippen LogP contribution in [0.25, 0.3) is 0 Å². The fraction of sp³-hybridized carbons (Fsp3) is 0.864. The van der Waals surface area contributed by atoms with Gasteiger partial charge in [0.2, 0.25) is 6.61 Å². The first-order chi connectivity index (χ1) is 14.0. The maximum atomic E-state index is 10.4. The van der Waals surface area contributed by atoms with Gasteiger partial charge in [0.1, 0.15) is 5.84 Å². The van der Waals surface area contributed by atoms with E-state index in [0.717, 1.165) is 18.8 Å². The molecular formula is C22H41ClN2O4. The van der Waals surface area contributed by atoms with Gasteiger partial charge in [-0.3, -0.25) is 4.99 Å². The summed E-state index contributed by atoms with van der Waals surface area (Å²) < 4.78 is 35.6. The highest BCUT2D eigenvalue weighted by Gasteiger charge is 2.20. The highest BCUT2D eigenvalue weighted by atomic mass is 35.7. The van der Waals surface area contributed by atoms with Gasteiger partial charge in [-0.25, -0.2) is 0 Å². The van der Waals surface area contributed by atoms with Crippen LogP contribution in [0.2, 0.25) is 0 Å². The number of rotatable bonds is 19. The first-order valence-electron chi connectivity index (χ1n) is 11.5. The van der Waals surface area contributed by atoms with Crippen LogP contribution in [0.15, 0.2) is 17.1 Å². The standard InChI is InChI=1S/C22H41ClN2O4/c1-2-3-4-5-6-7-8-9-10-11-12-13-14-15-16-17-22-24-18-19-25(22)20-21-29-23(26,27)28/h16-17H,2-15,18-21H2,1H3. The first-order valence-corrected chi connectivity index (χ1v) is 12.8. The van der Waals surface area contributed by atoms with Crippen LogP contribution >= 0.6 is 0 Å². The third-order valence-corrected chi connectivity index (χ3v) is 5.70. The van der Waals surface area contributed by atoms with Crippen LogP contribution in [-0.4, -0.2) is 37.0 Å². The predicted molar refractivity (Wildman–Crippen MR) is 109 cm³/mol. The van der Waals surface area contributed by atoms with Gasteiger partial charge in [0, 0.05) is 6.54 Å². The van der Waals surface area contributed by atoms with E-state index in [1.54, 1.807) is 0 Å². The number of halogens is 1. The van der Waals surface area contributed by atoms with Gasteiger partial charge in [-0.05, 0) is 18.9 Å². The van der Waals surface area contributed by atoms with Crippen molar-refractivity contribution in [2.75, 3.05) is 26.2 Å². The molecule has 0 aromatic heterocycles. The van der Waals surface area contributed by atoms with Crippen LogP contribution in [0.1, 0.15) is 96.8 Å². The molecule has 0 bridgehead atoms. The van der Waals surface area contributed by atoms with Crippen molar-refractivity contribution in [1.29, 1.82) is 0 Å². The Morgan fingerprint density at radius 1 is 0.897 bits per heavy atom. The monoisotopic (exact) mass is 432 g/mol. The second-order valence-corrected chi connectivity index (χ2v) is 8.83. The van der Waals surface area contributed by atoms with Gasteiger partial charge in [-0.2, -0.15) is 14.0 Å². The minimum atomic E-state index is -4.34. The Morgan fingerprint density at radius 3 is 2.00 bits per heavy atom. The minimum absolute atomic E-state index is 0.140. The van der Waals surface area contributed by atoms with E-state index in [4.69, 9.17) is 0 Å². The maximum Gasteiger partial charge on any atom is 0.221 e. The molecule has 0 atom stereocenters. The molecule has 1 aliphatic rings. The van der Waals surface area contributed by atoms with Crippen molar-refractivity contribution in [3.05, 3.63) is 12.2 Å². The average molecular weight is 433 g/mol. The summed E-state index contributed by atoms with van der Waals surface area (Å²) in [6, 6.07) is 0. The summed E-state index contributed by atoms with van der Waals surface area (Å²) in [6.45, 7) is 3.91. The zero-order valence-corrected chi connectivity index (χ0v) is 19.0. The molecule has 0 N–H and O–H groups in total. The fourth-order valence-electron chi connectivity index (χ4n) is 3.59. The van der Waals surface area contributed by atoms with E-state index in [2.05, 4.69) is 22.3 Å². The van der Waals surface area contributed by atoms with E-state index < -0.39 is 10.2 Å². The molecule has 6 nitrogen and oxygen atoms in total. The first kappa shape index (κ1) is 26.4. The molecule has 0 saturated heterocycles. The summed E-state index contributed by atoms with van der Waals surface area (Å²) in [5, 5.41) is 0. The van der Waals surface area contributed by atoms with Crippen molar-refractivity contribution in [3.63, 3.8) is 0 Å². The van der Waals surface area contributed by atoms with Crippen molar-refractivity contribution >= 4 is 5.84 Å². The number of amidine groups is 1. The number of allylic oxidation sites excluding steroid dienone is 1. The second kappa shape index (κ2) is 17.1. The Bertz CT molecular complexity index is 453. The Hall–Kier alpha value is -0.660. The van der Waals surface area contributed by atoms with Gasteiger partial charge in [0.05, 0.1) is 27.6 Å². The molecule has 0 amide bonds. The van der Waals surface area contributed by atoms with Crippen LogP contribution in [0.3, 0.4) is 0 Å². The van der Waals surface area contributed by atoms with Crippen molar-refractivity contribution in [2.24, 2.45) is 4.99 Å². The molecule has 1 aliphatic heterocycles. The summed E-state index contributed by atoms with van der Waals surface area (Å²) in [5.74, 6) is 0.850. The summed E-state index contributed by atoms with van der Waals surface area (Å²) in [5.41, 5.74) is 0. The van der Waals surface area contributed by atoms with Crippen molar-refractivity contribution in [1.82, 2.24) is 4.90 Å². The minimum Gasteiger partial charge on any atom is -0.352 e. The van der Waals surface area contributed by atoms with Crippen LogP contribution < -0.4 is 14.0 Å². The molecule has 7 heteroatoms. The number of unbranched alkanes of at least 4 members (excludes halogenated alkanes) is 13. The van der Waals surface area contributed by atoms with E-state index in [1.165, 1.54) is 83.5 Å². The molecule has 1 rings (SSSR count). The molecule has 0 radical (unpaired) electrons. The van der Waals surface area contributed by atoms with Gasteiger partial charge < -0.3 is 4.90 Å². The summed E-state index contributed by atoms with van der Waals surface area (Å²) in [4.78, 5) is 6.35. The van der Waals surface area contributed by atoms with Crippen molar-refractivity contribution < 1.29 is 28.5 Å². The molecule has 170 valence electrons. The average Bonchev–Trinajstić information content (AvgIpc) is 3.11. The highest BCUT2D eigenvalue weighted by Crippen LogP contribution is 2.13. The zero-order valence-electron chi connectivity index (χ0n) is 18.3. The van der Waals surface area contributed by atoms with Crippen molar-refractivity contribution in [3.8, 4) is 0 Å². The van der Waals surface area contributed by atoms with E-state index in [9.17, 15) is 14.0 Å². The van der Waals surface area contributed by atoms with Gasteiger partial charge in [0.25, 0.3) is 0 Å². The van der Waals surface area contributed by atoms with Gasteiger partial charge >= 0.3 is 0 Å². The largest absolute Gasteiger partial charge is 0.352 e. The summed E-state index contributed by atoms with van der Waals surface area (Å²) in [7, 11) is -4.34. The van der Waals surface area contributed by atoms with Crippen LogP contribution in [0.5, 0.6) is 0 Å². The van der Waals surface area contributed by atoms with E-state index in [0.29, 0.717) is 13.1 Å². The normalized spacial score (nSPS) is 14.9. The number of hydrogen-bond donors (Lipinski definition) is 0. The predicted octanol–water partition coefficient (Wildman–Crippen LogP) is 2.65. The number of nitrogens with zero attached hydrogens (tertiary/aromatic N) is 2. The lowest BCUT2D eigenvalue weighted by Crippen LogP contribution is -2.61. The Kier molecular flexibility index (Phi) is 15.5.